The van der Waals surface area contributed by atoms with E-state index in [9.17, 15) is 13.2 Å². The van der Waals surface area contributed by atoms with Crippen LogP contribution in [0.3, 0.4) is 0 Å². The molecule has 2 heterocycles. The van der Waals surface area contributed by atoms with E-state index < -0.39 is 15.9 Å². The van der Waals surface area contributed by atoms with Crippen molar-refractivity contribution in [3.8, 4) is 17.2 Å². The Kier molecular flexibility index (Phi) is 7.41. The number of carbonyl (C=O) groups excluding carboxylic acids is 1. The van der Waals surface area contributed by atoms with Crippen LogP contribution in [0, 0.1) is 0 Å². The summed E-state index contributed by atoms with van der Waals surface area (Å²) in [5.41, 5.74) is 0.652. The number of sulfonamides is 1. The number of hydrogen-bond acceptors (Lipinski definition) is 7. The molecule has 4 rings (SSSR count). The number of anilines is 1. The van der Waals surface area contributed by atoms with Gasteiger partial charge >= 0.3 is 0 Å². The van der Waals surface area contributed by atoms with Gasteiger partial charge in [-0.05, 0) is 61.5 Å². The highest BCUT2D eigenvalue weighted by atomic mass is 32.2. The summed E-state index contributed by atoms with van der Waals surface area (Å²) in [5.74, 6) is 1.11. The number of nitrogens with one attached hydrogen (secondary N) is 1. The normalized spacial score (nSPS) is 14.4. The summed E-state index contributed by atoms with van der Waals surface area (Å²) in [5, 5.41) is 2.77. The zero-order valence-corrected chi connectivity index (χ0v) is 19.5. The van der Waals surface area contributed by atoms with E-state index in [2.05, 4.69) is 10.3 Å². The SMILES string of the molecule is CCOc1ccc(S(=O)(=O)N2CCOCC2)cc1NC(=O)c1ccc(Oc2cccnc2)cc1. The number of rotatable bonds is 8. The van der Waals surface area contributed by atoms with E-state index in [4.69, 9.17) is 14.2 Å². The minimum Gasteiger partial charge on any atom is -0.492 e. The Morgan fingerprint density at radius 3 is 2.53 bits per heavy atom. The molecule has 0 spiro atoms. The van der Waals surface area contributed by atoms with Gasteiger partial charge in [0.05, 0.1) is 36.6 Å². The molecule has 0 aliphatic carbocycles. The molecule has 1 saturated heterocycles. The van der Waals surface area contributed by atoms with Crippen LogP contribution in [0.25, 0.3) is 0 Å². The molecule has 10 heteroatoms. The fourth-order valence-corrected chi connectivity index (χ4v) is 4.83. The van der Waals surface area contributed by atoms with Crippen LogP contribution in [0.2, 0.25) is 0 Å². The molecule has 1 aliphatic heterocycles. The van der Waals surface area contributed by atoms with E-state index >= 15 is 0 Å². The second kappa shape index (κ2) is 10.6. The molecule has 3 aromatic rings. The van der Waals surface area contributed by atoms with Crippen molar-refractivity contribution < 1.29 is 27.4 Å². The van der Waals surface area contributed by atoms with Crippen LogP contribution in [-0.4, -0.2) is 56.5 Å². The predicted molar refractivity (Wildman–Crippen MR) is 126 cm³/mol. The summed E-state index contributed by atoms with van der Waals surface area (Å²) in [6, 6.07) is 14.6. The summed E-state index contributed by atoms with van der Waals surface area (Å²) >= 11 is 0. The summed E-state index contributed by atoms with van der Waals surface area (Å²) < 4.78 is 44.0. The Morgan fingerprint density at radius 2 is 1.85 bits per heavy atom. The van der Waals surface area contributed by atoms with Gasteiger partial charge < -0.3 is 19.5 Å². The van der Waals surface area contributed by atoms with Gasteiger partial charge in [0.15, 0.2) is 0 Å². The largest absolute Gasteiger partial charge is 0.492 e. The maximum Gasteiger partial charge on any atom is 0.255 e. The Balaban J connectivity index is 1.53. The first-order valence-electron chi connectivity index (χ1n) is 10.8. The molecule has 1 aliphatic rings. The van der Waals surface area contributed by atoms with Crippen molar-refractivity contribution in [1.29, 1.82) is 0 Å². The average Bonchev–Trinajstić information content (AvgIpc) is 2.86. The van der Waals surface area contributed by atoms with Gasteiger partial charge in [-0.15, -0.1) is 0 Å². The molecule has 2 aromatic carbocycles. The van der Waals surface area contributed by atoms with Crippen molar-refractivity contribution in [1.82, 2.24) is 9.29 Å². The van der Waals surface area contributed by atoms with Gasteiger partial charge in [0.25, 0.3) is 5.91 Å². The smallest absolute Gasteiger partial charge is 0.255 e. The number of pyridine rings is 1. The average molecular weight is 484 g/mol. The van der Waals surface area contributed by atoms with E-state index in [-0.39, 0.29) is 23.7 Å². The number of amides is 1. The number of hydrogen-bond donors (Lipinski definition) is 1. The van der Waals surface area contributed by atoms with Gasteiger partial charge in [-0.2, -0.15) is 4.31 Å². The highest BCUT2D eigenvalue weighted by Crippen LogP contribution is 2.30. The van der Waals surface area contributed by atoms with E-state index in [0.717, 1.165) is 0 Å². The van der Waals surface area contributed by atoms with Crippen molar-refractivity contribution >= 4 is 21.6 Å². The summed E-state index contributed by atoms with van der Waals surface area (Å²) in [4.78, 5) is 17.0. The molecule has 1 aromatic heterocycles. The molecule has 9 nitrogen and oxygen atoms in total. The second-order valence-corrected chi connectivity index (χ2v) is 9.31. The van der Waals surface area contributed by atoms with Crippen LogP contribution in [-0.2, 0) is 14.8 Å². The fourth-order valence-electron chi connectivity index (χ4n) is 3.40. The first-order chi connectivity index (χ1) is 16.5. The molecule has 0 saturated carbocycles. The first-order valence-corrected chi connectivity index (χ1v) is 12.3. The first kappa shape index (κ1) is 23.7. The zero-order chi connectivity index (χ0) is 24.0. The molecular weight excluding hydrogens is 458 g/mol. The molecule has 0 unspecified atom stereocenters. The minimum atomic E-state index is -3.73. The monoisotopic (exact) mass is 483 g/mol. The van der Waals surface area contributed by atoms with Crippen LogP contribution in [0.15, 0.2) is 71.9 Å². The maximum atomic E-state index is 13.1. The Morgan fingerprint density at radius 1 is 1.09 bits per heavy atom. The Labute approximate surface area is 198 Å². The van der Waals surface area contributed by atoms with Gasteiger partial charge in [0, 0.05) is 24.8 Å². The molecule has 1 amide bonds. The van der Waals surface area contributed by atoms with Crippen molar-refractivity contribution in [3.63, 3.8) is 0 Å². The second-order valence-electron chi connectivity index (χ2n) is 7.38. The maximum absolute atomic E-state index is 13.1. The lowest BCUT2D eigenvalue weighted by Gasteiger charge is -2.26. The topological polar surface area (TPSA) is 107 Å². The van der Waals surface area contributed by atoms with Crippen molar-refractivity contribution in [3.05, 3.63) is 72.6 Å². The lowest BCUT2D eigenvalue weighted by Crippen LogP contribution is -2.40. The fraction of sp³-hybridized carbons (Fsp3) is 0.250. The van der Waals surface area contributed by atoms with Gasteiger partial charge in [-0.3, -0.25) is 9.78 Å². The lowest BCUT2D eigenvalue weighted by molar-refractivity contribution is 0.0730. The van der Waals surface area contributed by atoms with Gasteiger partial charge in [0.1, 0.15) is 17.2 Å². The van der Waals surface area contributed by atoms with E-state index in [1.54, 1.807) is 54.9 Å². The van der Waals surface area contributed by atoms with Crippen molar-refractivity contribution in [2.75, 3.05) is 38.2 Å². The number of morpholine rings is 1. The molecule has 1 N–H and O–H groups in total. The van der Waals surface area contributed by atoms with Crippen LogP contribution >= 0.6 is 0 Å². The summed E-state index contributed by atoms with van der Waals surface area (Å²) in [6.45, 7) is 3.43. The van der Waals surface area contributed by atoms with Crippen LogP contribution in [0.5, 0.6) is 17.2 Å². The number of ether oxygens (including phenoxy) is 3. The van der Waals surface area contributed by atoms with Gasteiger partial charge in [-0.1, -0.05) is 0 Å². The van der Waals surface area contributed by atoms with Gasteiger partial charge in [0.2, 0.25) is 10.0 Å². The third-order valence-electron chi connectivity index (χ3n) is 5.09. The summed E-state index contributed by atoms with van der Waals surface area (Å²) in [6.07, 6.45) is 3.24. The number of carbonyl (C=O) groups is 1. The number of aromatic nitrogens is 1. The Bertz CT molecular complexity index is 1230. The standard InChI is InChI=1S/C24H25N3O6S/c1-2-32-23-10-9-21(34(29,30)27-12-14-31-15-13-27)16-22(23)26-24(28)18-5-7-19(8-6-18)33-20-4-3-11-25-17-20/h3-11,16-17H,2,12-15H2,1H3,(H,26,28). The lowest BCUT2D eigenvalue weighted by atomic mass is 10.2. The molecule has 0 atom stereocenters. The van der Waals surface area contributed by atoms with Gasteiger partial charge in [-0.25, -0.2) is 8.42 Å². The van der Waals surface area contributed by atoms with Crippen LogP contribution in [0.1, 0.15) is 17.3 Å². The third kappa shape index (κ3) is 5.53. The number of benzene rings is 2. The highest BCUT2D eigenvalue weighted by Gasteiger charge is 2.27. The third-order valence-corrected chi connectivity index (χ3v) is 6.99. The quantitative estimate of drug-likeness (QED) is 0.522. The van der Waals surface area contributed by atoms with Crippen LogP contribution in [0.4, 0.5) is 5.69 Å². The molecule has 1 fully saturated rings. The minimum absolute atomic E-state index is 0.0772. The predicted octanol–water partition coefficient (Wildman–Crippen LogP) is 3.55. The van der Waals surface area contributed by atoms with E-state index in [1.807, 2.05) is 6.92 Å². The molecule has 0 bridgehead atoms. The Hall–Kier alpha value is -3.47. The summed E-state index contributed by atoms with van der Waals surface area (Å²) in [7, 11) is -3.73. The molecule has 34 heavy (non-hydrogen) atoms. The van der Waals surface area contributed by atoms with Crippen molar-refractivity contribution in [2.24, 2.45) is 0 Å². The highest BCUT2D eigenvalue weighted by molar-refractivity contribution is 7.89. The molecular formula is C24H25N3O6S. The zero-order valence-electron chi connectivity index (χ0n) is 18.6. The number of nitrogens with zero attached hydrogens (tertiary/aromatic N) is 2. The van der Waals surface area contributed by atoms with Crippen molar-refractivity contribution in [2.45, 2.75) is 11.8 Å². The molecule has 0 radical (unpaired) electrons. The van der Waals surface area contributed by atoms with E-state index in [1.165, 1.54) is 16.4 Å². The molecule has 178 valence electrons. The van der Waals surface area contributed by atoms with Crippen LogP contribution < -0.4 is 14.8 Å². The van der Waals surface area contributed by atoms with E-state index in [0.29, 0.717) is 42.6 Å².